The van der Waals surface area contributed by atoms with Crippen LogP contribution in [0.2, 0.25) is 0 Å². The SMILES string of the molecule is CN=C(NCC1CCCN1Cc1ccccc1)NC1CCN(C(=O)C(C)C)CC1.I. The van der Waals surface area contributed by atoms with Gasteiger partial charge in [0.05, 0.1) is 0 Å². The fourth-order valence-electron chi connectivity index (χ4n) is 4.36. The van der Waals surface area contributed by atoms with E-state index in [9.17, 15) is 4.79 Å². The first-order valence-corrected chi connectivity index (χ1v) is 11.1. The summed E-state index contributed by atoms with van der Waals surface area (Å²) in [7, 11) is 1.84. The molecule has 2 heterocycles. The molecule has 0 saturated carbocycles. The molecule has 3 rings (SSSR count). The maximum absolute atomic E-state index is 12.2. The number of guanidine groups is 1. The second-order valence-corrected chi connectivity index (χ2v) is 8.60. The van der Waals surface area contributed by atoms with Gasteiger partial charge in [0.15, 0.2) is 5.96 Å². The minimum Gasteiger partial charge on any atom is -0.355 e. The summed E-state index contributed by atoms with van der Waals surface area (Å²) < 4.78 is 0. The van der Waals surface area contributed by atoms with Gasteiger partial charge in [0.25, 0.3) is 0 Å². The van der Waals surface area contributed by atoms with Gasteiger partial charge in [-0.15, -0.1) is 24.0 Å². The zero-order valence-corrected chi connectivity index (χ0v) is 21.0. The van der Waals surface area contributed by atoms with Crippen LogP contribution in [0.3, 0.4) is 0 Å². The van der Waals surface area contributed by atoms with Crippen LogP contribution in [0.15, 0.2) is 35.3 Å². The smallest absolute Gasteiger partial charge is 0.225 e. The molecular weight excluding hydrogens is 489 g/mol. The maximum atomic E-state index is 12.2. The molecule has 0 spiro atoms. The Morgan fingerprint density at radius 2 is 1.83 bits per heavy atom. The Balaban J connectivity index is 0.00000320. The normalized spacial score (nSPS) is 20.9. The Hall–Kier alpha value is -1.35. The zero-order chi connectivity index (χ0) is 20.6. The summed E-state index contributed by atoms with van der Waals surface area (Å²) in [6.45, 7) is 8.71. The molecule has 2 saturated heterocycles. The summed E-state index contributed by atoms with van der Waals surface area (Å²) in [5.41, 5.74) is 1.38. The number of likely N-dealkylation sites (tertiary alicyclic amines) is 2. The highest BCUT2D eigenvalue weighted by Gasteiger charge is 2.26. The Morgan fingerprint density at radius 3 is 2.47 bits per heavy atom. The van der Waals surface area contributed by atoms with E-state index < -0.39 is 0 Å². The van der Waals surface area contributed by atoms with Crippen molar-refractivity contribution in [2.24, 2.45) is 10.9 Å². The molecule has 1 aromatic carbocycles. The van der Waals surface area contributed by atoms with Gasteiger partial charge < -0.3 is 15.5 Å². The van der Waals surface area contributed by atoms with Gasteiger partial charge in [-0.3, -0.25) is 14.7 Å². The van der Waals surface area contributed by atoms with Crippen molar-refractivity contribution in [3.63, 3.8) is 0 Å². The van der Waals surface area contributed by atoms with Gasteiger partial charge in [0, 0.05) is 51.2 Å². The second-order valence-electron chi connectivity index (χ2n) is 8.60. The van der Waals surface area contributed by atoms with E-state index in [1.165, 1.54) is 18.4 Å². The predicted octanol–water partition coefficient (Wildman–Crippen LogP) is 3.08. The van der Waals surface area contributed by atoms with Crippen LogP contribution in [0.25, 0.3) is 0 Å². The van der Waals surface area contributed by atoms with Crippen LogP contribution in [0.5, 0.6) is 0 Å². The number of nitrogens with zero attached hydrogens (tertiary/aromatic N) is 3. The van der Waals surface area contributed by atoms with Gasteiger partial charge in [0.2, 0.25) is 5.91 Å². The lowest BCUT2D eigenvalue weighted by molar-refractivity contribution is -0.135. The van der Waals surface area contributed by atoms with Crippen molar-refractivity contribution in [1.82, 2.24) is 20.4 Å². The largest absolute Gasteiger partial charge is 0.355 e. The summed E-state index contributed by atoms with van der Waals surface area (Å²) >= 11 is 0. The van der Waals surface area contributed by atoms with Gasteiger partial charge in [-0.05, 0) is 37.8 Å². The van der Waals surface area contributed by atoms with E-state index >= 15 is 0 Å². The first-order chi connectivity index (χ1) is 14.1. The lowest BCUT2D eigenvalue weighted by Crippen LogP contribution is -2.51. The molecule has 168 valence electrons. The first kappa shape index (κ1) is 24.9. The number of aliphatic imine (C=N–C) groups is 1. The lowest BCUT2D eigenvalue weighted by atomic mass is 10.0. The molecule has 2 N–H and O–H groups in total. The average molecular weight is 527 g/mol. The molecule has 7 heteroatoms. The number of rotatable bonds is 6. The highest BCUT2D eigenvalue weighted by Crippen LogP contribution is 2.19. The van der Waals surface area contributed by atoms with Crippen LogP contribution in [-0.2, 0) is 11.3 Å². The molecule has 30 heavy (non-hydrogen) atoms. The second kappa shape index (κ2) is 12.5. The van der Waals surface area contributed by atoms with Crippen molar-refractivity contribution in [1.29, 1.82) is 0 Å². The Kier molecular flexibility index (Phi) is 10.4. The number of hydrogen-bond acceptors (Lipinski definition) is 3. The van der Waals surface area contributed by atoms with Crippen LogP contribution in [0, 0.1) is 5.92 Å². The van der Waals surface area contributed by atoms with Crippen molar-refractivity contribution >= 4 is 35.8 Å². The highest BCUT2D eigenvalue weighted by atomic mass is 127. The van der Waals surface area contributed by atoms with E-state index in [1.54, 1.807) is 0 Å². The number of benzene rings is 1. The van der Waals surface area contributed by atoms with E-state index in [0.717, 1.165) is 51.5 Å². The summed E-state index contributed by atoms with van der Waals surface area (Å²) in [6.07, 6.45) is 4.44. The molecule has 0 radical (unpaired) electrons. The number of amides is 1. The van der Waals surface area contributed by atoms with Crippen LogP contribution in [0.1, 0.15) is 45.1 Å². The average Bonchev–Trinajstić information content (AvgIpc) is 3.18. The molecule has 1 aromatic rings. The number of piperidine rings is 1. The molecule has 0 bridgehead atoms. The molecule has 0 aromatic heterocycles. The van der Waals surface area contributed by atoms with E-state index in [2.05, 4.69) is 50.9 Å². The van der Waals surface area contributed by atoms with Crippen molar-refractivity contribution in [3.8, 4) is 0 Å². The van der Waals surface area contributed by atoms with Gasteiger partial charge in [0.1, 0.15) is 0 Å². The Labute approximate surface area is 198 Å². The predicted molar refractivity (Wildman–Crippen MR) is 134 cm³/mol. The fourth-order valence-corrected chi connectivity index (χ4v) is 4.36. The van der Waals surface area contributed by atoms with Crippen LogP contribution in [-0.4, -0.2) is 67.0 Å². The van der Waals surface area contributed by atoms with Gasteiger partial charge in [-0.25, -0.2) is 0 Å². The number of carbonyl (C=O) groups excluding carboxylic acids is 1. The van der Waals surface area contributed by atoms with Gasteiger partial charge >= 0.3 is 0 Å². The van der Waals surface area contributed by atoms with E-state index in [0.29, 0.717) is 12.1 Å². The van der Waals surface area contributed by atoms with Crippen molar-refractivity contribution in [2.75, 3.05) is 33.2 Å². The number of carbonyl (C=O) groups is 1. The monoisotopic (exact) mass is 527 g/mol. The number of nitrogens with one attached hydrogen (secondary N) is 2. The quantitative estimate of drug-likeness (QED) is 0.339. The molecule has 2 aliphatic rings. The van der Waals surface area contributed by atoms with Crippen LogP contribution in [0.4, 0.5) is 0 Å². The Bertz CT molecular complexity index is 673. The molecule has 2 fully saturated rings. The third-order valence-corrected chi connectivity index (χ3v) is 6.10. The molecule has 6 nitrogen and oxygen atoms in total. The van der Waals surface area contributed by atoms with Crippen molar-refractivity contribution < 1.29 is 4.79 Å². The zero-order valence-electron chi connectivity index (χ0n) is 18.6. The summed E-state index contributed by atoms with van der Waals surface area (Å²) in [4.78, 5) is 21.2. The van der Waals surface area contributed by atoms with Crippen LogP contribution < -0.4 is 10.6 Å². The third kappa shape index (κ3) is 7.11. The number of halogens is 1. The molecule has 2 aliphatic heterocycles. The van der Waals surface area contributed by atoms with Gasteiger partial charge in [-0.1, -0.05) is 44.2 Å². The van der Waals surface area contributed by atoms with Gasteiger partial charge in [-0.2, -0.15) is 0 Å². The summed E-state index contributed by atoms with van der Waals surface area (Å²) in [5.74, 6) is 1.23. The number of hydrogen-bond donors (Lipinski definition) is 2. The third-order valence-electron chi connectivity index (χ3n) is 6.10. The van der Waals surface area contributed by atoms with Crippen LogP contribution >= 0.6 is 24.0 Å². The summed E-state index contributed by atoms with van der Waals surface area (Å²) in [5, 5.41) is 7.11. The molecule has 1 unspecified atom stereocenters. The molecule has 1 atom stereocenters. The topological polar surface area (TPSA) is 60.0 Å². The lowest BCUT2D eigenvalue weighted by Gasteiger charge is -2.34. The maximum Gasteiger partial charge on any atom is 0.225 e. The van der Waals surface area contributed by atoms with E-state index in [4.69, 9.17) is 0 Å². The summed E-state index contributed by atoms with van der Waals surface area (Å²) in [6, 6.07) is 11.6. The Morgan fingerprint density at radius 1 is 1.13 bits per heavy atom. The van der Waals surface area contributed by atoms with E-state index in [-0.39, 0.29) is 35.8 Å². The van der Waals surface area contributed by atoms with Crippen molar-refractivity contribution in [3.05, 3.63) is 35.9 Å². The molecule has 0 aliphatic carbocycles. The highest BCUT2D eigenvalue weighted by molar-refractivity contribution is 14.0. The van der Waals surface area contributed by atoms with Crippen molar-refractivity contribution in [2.45, 2.75) is 58.2 Å². The minimum absolute atomic E-state index is 0. The molecule has 1 amide bonds. The standard InChI is InChI=1S/C23H37N5O.HI/c1-18(2)22(29)27-14-11-20(12-15-27)26-23(24-3)25-16-21-10-7-13-28(21)17-19-8-5-4-6-9-19;/h4-6,8-9,18,20-21H,7,10-17H2,1-3H3,(H2,24,25,26);1H. The minimum atomic E-state index is 0. The first-order valence-electron chi connectivity index (χ1n) is 11.1. The molecular formula is C23H38IN5O. The fraction of sp³-hybridized carbons (Fsp3) is 0.652. The van der Waals surface area contributed by atoms with E-state index in [1.807, 2.05) is 25.8 Å².